The highest BCUT2D eigenvalue weighted by Gasteiger charge is 2.24. The van der Waals surface area contributed by atoms with Gasteiger partial charge in [-0.05, 0) is 70.6 Å². The molecule has 0 spiro atoms. The quantitative estimate of drug-likeness (QED) is 0.387. The molecule has 36 heavy (non-hydrogen) atoms. The van der Waals surface area contributed by atoms with Gasteiger partial charge < -0.3 is 20.1 Å². The van der Waals surface area contributed by atoms with Crippen LogP contribution < -0.4 is 10.1 Å². The zero-order valence-electron chi connectivity index (χ0n) is 21.5. The Labute approximate surface area is 211 Å². The molecule has 0 unspecified atom stereocenters. The molecule has 2 N–H and O–H groups in total. The third kappa shape index (κ3) is 4.68. The molecule has 0 radical (unpaired) electrons. The van der Waals surface area contributed by atoms with Crippen LogP contribution in [-0.4, -0.2) is 67.8 Å². The monoisotopic (exact) mass is 489 g/mol. The molecule has 0 amide bonds. The summed E-state index contributed by atoms with van der Waals surface area (Å²) in [5, 5.41) is 24.6. The Bertz CT molecular complexity index is 1320. The summed E-state index contributed by atoms with van der Waals surface area (Å²) in [6.07, 6.45) is 5.80. The van der Waals surface area contributed by atoms with Crippen LogP contribution in [0.5, 0.6) is 5.75 Å². The average molecular weight is 490 g/mol. The summed E-state index contributed by atoms with van der Waals surface area (Å²) in [6, 6.07) is 10.5. The molecule has 0 aliphatic carbocycles. The molecule has 5 rings (SSSR count). The van der Waals surface area contributed by atoms with Gasteiger partial charge in [0.1, 0.15) is 17.3 Å². The molecule has 9 heteroatoms. The number of benzene rings is 1. The topological polar surface area (TPSA) is 93.3 Å². The van der Waals surface area contributed by atoms with Gasteiger partial charge in [0.05, 0.1) is 43.1 Å². The van der Waals surface area contributed by atoms with E-state index >= 15 is 0 Å². The van der Waals surface area contributed by atoms with Gasteiger partial charge in [0, 0.05) is 23.8 Å². The van der Waals surface area contributed by atoms with Gasteiger partial charge in [-0.1, -0.05) is 12.1 Å². The van der Waals surface area contributed by atoms with Crippen LogP contribution in [-0.2, 0) is 13.2 Å². The maximum Gasteiger partial charge on any atom is 0.137 e. The largest absolute Gasteiger partial charge is 0.497 e. The second kappa shape index (κ2) is 10.3. The second-order valence-corrected chi connectivity index (χ2v) is 9.83. The fourth-order valence-corrected chi connectivity index (χ4v) is 4.98. The summed E-state index contributed by atoms with van der Waals surface area (Å²) >= 11 is 0. The highest BCUT2D eigenvalue weighted by atomic mass is 16.5. The number of pyridine rings is 1. The molecule has 3 aromatic heterocycles. The summed E-state index contributed by atoms with van der Waals surface area (Å²) in [6.45, 7) is 6.74. The van der Waals surface area contributed by atoms with Crippen molar-refractivity contribution in [1.29, 1.82) is 0 Å². The summed E-state index contributed by atoms with van der Waals surface area (Å²) in [4.78, 5) is 7.12. The number of aliphatic hydroxyl groups is 1. The Balaban J connectivity index is 1.62. The highest BCUT2D eigenvalue weighted by molar-refractivity contribution is 6.01. The molecule has 0 bridgehead atoms. The first-order valence-corrected chi connectivity index (χ1v) is 12.6. The number of likely N-dealkylation sites (tertiary alicyclic amines) is 1. The second-order valence-electron chi connectivity index (χ2n) is 9.83. The normalized spacial score (nSPS) is 15.2. The van der Waals surface area contributed by atoms with Gasteiger partial charge >= 0.3 is 0 Å². The van der Waals surface area contributed by atoms with E-state index in [9.17, 15) is 5.11 Å². The Morgan fingerprint density at radius 1 is 1.14 bits per heavy atom. The van der Waals surface area contributed by atoms with Crippen LogP contribution in [0.1, 0.15) is 44.0 Å². The molecule has 1 aliphatic heterocycles. The molecule has 0 saturated carbocycles. The van der Waals surface area contributed by atoms with E-state index in [2.05, 4.69) is 48.3 Å². The van der Waals surface area contributed by atoms with E-state index in [0.717, 1.165) is 70.9 Å². The Hall–Kier alpha value is -3.43. The molecule has 1 fully saturated rings. The number of rotatable bonds is 8. The minimum absolute atomic E-state index is 0.113. The molecule has 4 aromatic rings. The molecule has 1 saturated heterocycles. The van der Waals surface area contributed by atoms with E-state index in [1.165, 1.54) is 0 Å². The number of anilines is 1. The molecule has 1 aliphatic rings. The van der Waals surface area contributed by atoms with Crippen LogP contribution in [0.3, 0.4) is 0 Å². The van der Waals surface area contributed by atoms with Crippen molar-refractivity contribution in [3.05, 3.63) is 54.0 Å². The molecule has 1 aromatic carbocycles. The summed E-state index contributed by atoms with van der Waals surface area (Å²) < 4.78 is 9.20. The lowest BCUT2D eigenvalue weighted by atomic mass is 10.0. The number of hydrogen-bond donors (Lipinski definition) is 2. The average Bonchev–Trinajstić information content (AvgIpc) is 3.48. The maximum absolute atomic E-state index is 10.3. The lowest BCUT2D eigenvalue weighted by Gasteiger charge is -2.30. The van der Waals surface area contributed by atoms with Crippen LogP contribution >= 0.6 is 0 Å². The Morgan fingerprint density at radius 3 is 2.56 bits per heavy atom. The van der Waals surface area contributed by atoms with E-state index < -0.39 is 0 Å². The van der Waals surface area contributed by atoms with Gasteiger partial charge in [-0.15, -0.1) is 0 Å². The first-order valence-electron chi connectivity index (χ1n) is 12.6. The number of ether oxygens (including phenoxy) is 1. The van der Waals surface area contributed by atoms with Crippen LogP contribution in [0.2, 0.25) is 0 Å². The van der Waals surface area contributed by atoms with Crippen molar-refractivity contribution in [3.63, 3.8) is 0 Å². The van der Waals surface area contributed by atoms with E-state index in [0.29, 0.717) is 12.6 Å². The first kappa shape index (κ1) is 24.3. The zero-order chi connectivity index (χ0) is 25.2. The number of fused-ring (bicyclic) bond motifs is 1. The fourth-order valence-electron chi connectivity index (χ4n) is 4.98. The highest BCUT2D eigenvalue weighted by Crippen LogP contribution is 2.36. The SMILES string of the molecule is COc1ccc(Cn2nc(-c3cnn(C(C)C)c3CO)c3c(NC4CCN(C)CC4)nccc32)cc1. The number of aromatic nitrogens is 5. The predicted octanol–water partition coefficient (Wildman–Crippen LogP) is 3.93. The van der Waals surface area contributed by atoms with Gasteiger partial charge in [-0.2, -0.15) is 10.2 Å². The Morgan fingerprint density at radius 2 is 1.89 bits per heavy atom. The zero-order valence-corrected chi connectivity index (χ0v) is 21.5. The molecule has 190 valence electrons. The molecule has 4 heterocycles. The summed E-state index contributed by atoms with van der Waals surface area (Å²) in [5.41, 5.74) is 4.50. The Kier molecular flexibility index (Phi) is 6.93. The van der Waals surface area contributed by atoms with E-state index in [1.54, 1.807) is 7.11 Å². The molecular formula is C27H35N7O2. The van der Waals surface area contributed by atoms with Crippen LogP contribution in [0.25, 0.3) is 22.2 Å². The number of hydrogen-bond acceptors (Lipinski definition) is 7. The number of methoxy groups -OCH3 is 1. The lowest BCUT2D eigenvalue weighted by Crippen LogP contribution is -2.36. The van der Waals surface area contributed by atoms with Gasteiger partial charge in [0.15, 0.2) is 0 Å². The smallest absolute Gasteiger partial charge is 0.137 e. The number of piperidine rings is 1. The predicted molar refractivity (Wildman–Crippen MR) is 141 cm³/mol. The van der Waals surface area contributed by atoms with Crippen molar-refractivity contribution >= 4 is 16.7 Å². The number of aliphatic hydroxyl groups excluding tert-OH is 1. The van der Waals surface area contributed by atoms with Gasteiger partial charge in [0.25, 0.3) is 0 Å². The van der Waals surface area contributed by atoms with Crippen molar-refractivity contribution in [2.45, 2.75) is 51.9 Å². The first-order chi connectivity index (χ1) is 17.5. The van der Waals surface area contributed by atoms with E-state index in [4.69, 9.17) is 14.8 Å². The van der Waals surface area contributed by atoms with Gasteiger partial charge in [-0.3, -0.25) is 9.36 Å². The van der Waals surface area contributed by atoms with Crippen LogP contribution in [0, 0.1) is 0 Å². The van der Waals surface area contributed by atoms with Crippen LogP contribution in [0.4, 0.5) is 5.82 Å². The third-order valence-electron chi connectivity index (χ3n) is 7.01. The molecule has 0 atom stereocenters. The van der Waals surface area contributed by atoms with E-state index in [1.807, 2.05) is 40.0 Å². The lowest BCUT2D eigenvalue weighted by molar-refractivity contribution is 0.264. The van der Waals surface area contributed by atoms with Crippen molar-refractivity contribution < 1.29 is 9.84 Å². The van der Waals surface area contributed by atoms with Crippen molar-refractivity contribution in [1.82, 2.24) is 29.4 Å². The fraction of sp³-hybridized carbons (Fsp3) is 0.444. The van der Waals surface area contributed by atoms with Gasteiger partial charge in [-0.25, -0.2) is 4.98 Å². The molecular weight excluding hydrogens is 454 g/mol. The van der Waals surface area contributed by atoms with Crippen molar-refractivity contribution in [3.8, 4) is 17.0 Å². The minimum Gasteiger partial charge on any atom is -0.497 e. The maximum atomic E-state index is 10.3. The minimum atomic E-state index is -0.113. The third-order valence-corrected chi connectivity index (χ3v) is 7.01. The van der Waals surface area contributed by atoms with Crippen molar-refractivity contribution in [2.75, 3.05) is 32.6 Å². The summed E-state index contributed by atoms with van der Waals surface area (Å²) in [7, 11) is 3.84. The summed E-state index contributed by atoms with van der Waals surface area (Å²) in [5.74, 6) is 1.66. The van der Waals surface area contributed by atoms with Crippen LogP contribution in [0.15, 0.2) is 42.7 Å². The van der Waals surface area contributed by atoms with Gasteiger partial charge in [0.2, 0.25) is 0 Å². The van der Waals surface area contributed by atoms with E-state index in [-0.39, 0.29) is 12.6 Å². The standard InChI is InChI=1S/C27H35N7O2/c1-18(2)34-24(17-35)22(15-29-34)26-25-23(33(31-26)16-19-5-7-21(36-4)8-6-19)9-12-28-27(25)30-20-10-13-32(3)14-11-20/h5-9,12,15,18,20,35H,10-11,13-14,16-17H2,1-4H3,(H,28,30). The number of nitrogens with one attached hydrogen (secondary N) is 1. The van der Waals surface area contributed by atoms with Crippen molar-refractivity contribution in [2.24, 2.45) is 0 Å². The number of nitrogens with zero attached hydrogens (tertiary/aromatic N) is 6. The molecule has 9 nitrogen and oxygen atoms in total.